The van der Waals surface area contributed by atoms with Crippen molar-refractivity contribution in [3.8, 4) is 23.0 Å². The van der Waals surface area contributed by atoms with Crippen molar-refractivity contribution < 1.29 is 18.4 Å². The molecular weight excluding hydrogens is 422 g/mol. The number of benzene rings is 3. The summed E-state index contributed by atoms with van der Waals surface area (Å²) in [5, 5.41) is 0. The molecule has 3 aromatic carbocycles. The molecule has 166 valence electrons. The summed E-state index contributed by atoms with van der Waals surface area (Å²) >= 11 is 1.36. The first kappa shape index (κ1) is 21.0. The van der Waals surface area contributed by atoms with E-state index in [1.165, 1.54) is 34.3 Å². The highest BCUT2D eigenvalue weighted by atomic mass is 32.2. The molecule has 0 saturated heterocycles. The molecule has 32 heavy (non-hydrogen) atoms. The highest BCUT2D eigenvalue weighted by molar-refractivity contribution is 7.95. The number of fused-ring (bicyclic) bond motifs is 4. The van der Waals surface area contributed by atoms with E-state index < -0.39 is 0 Å². The minimum Gasteiger partial charge on any atom is -0.493 e. The molecule has 0 fully saturated rings. The Morgan fingerprint density at radius 2 is 1.44 bits per heavy atom. The minimum absolute atomic E-state index is 0.305. The van der Waals surface area contributed by atoms with E-state index >= 15 is 0 Å². The van der Waals surface area contributed by atoms with Crippen molar-refractivity contribution in [2.24, 2.45) is 0 Å². The molecule has 0 amide bonds. The van der Waals surface area contributed by atoms with Crippen molar-refractivity contribution in [2.75, 3.05) is 27.9 Å². The topological polar surface area (TPSA) is 40.2 Å². The van der Waals surface area contributed by atoms with Crippen molar-refractivity contribution >= 4 is 12.0 Å². The summed E-state index contributed by atoms with van der Waals surface area (Å²) in [6.45, 7) is 1.92. The molecule has 5 nitrogen and oxygen atoms in total. The molecule has 6 heteroatoms. The summed E-state index contributed by atoms with van der Waals surface area (Å²) in [4.78, 5) is 3.61. The third kappa shape index (κ3) is 3.89. The second-order valence-electron chi connectivity index (χ2n) is 8.10. The van der Waals surface area contributed by atoms with Crippen molar-refractivity contribution in [1.29, 1.82) is 0 Å². The van der Waals surface area contributed by atoms with Gasteiger partial charge in [0.25, 0.3) is 0 Å². The lowest BCUT2D eigenvalue weighted by molar-refractivity contribution is 0.160. The Kier molecular flexibility index (Phi) is 5.89. The van der Waals surface area contributed by atoms with Crippen LogP contribution in [0.3, 0.4) is 0 Å². The van der Waals surface area contributed by atoms with Crippen LogP contribution in [0.15, 0.2) is 59.5 Å². The first-order chi connectivity index (χ1) is 15.7. The van der Waals surface area contributed by atoms with Gasteiger partial charge in [-0.2, -0.15) is 0 Å². The van der Waals surface area contributed by atoms with Crippen LogP contribution in [0.5, 0.6) is 23.0 Å². The first-order valence-corrected chi connectivity index (χ1v) is 11.5. The zero-order valence-electron chi connectivity index (χ0n) is 18.6. The summed E-state index contributed by atoms with van der Waals surface area (Å²) in [5.41, 5.74) is 5.28. The van der Waals surface area contributed by atoms with Crippen LogP contribution >= 0.6 is 12.0 Å². The third-order valence-electron chi connectivity index (χ3n) is 6.36. The standard InChI is InChI=1S/C26H27NO4S/c1-28-23-13-18-11-22-21-15-26(31-32-20-7-5-4-6-8-20)25(30-3)12-17(21)9-10-27(22)16-19(18)14-24(23)29-2/h4-8,12-15,22H,9-11,16H2,1-3H3. The molecule has 0 aliphatic carbocycles. The molecule has 0 spiro atoms. The normalized spacial score (nSPS) is 17.0. The van der Waals surface area contributed by atoms with Gasteiger partial charge in [-0.3, -0.25) is 4.90 Å². The molecule has 0 radical (unpaired) electrons. The Bertz CT molecular complexity index is 1120. The average Bonchev–Trinajstić information content (AvgIpc) is 2.85. The Balaban J connectivity index is 1.47. The van der Waals surface area contributed by atoms with Gasteiger partial charge < -0.3 is 18.4 Å². The number of nitrogens with zero attached hydrogens (tertiary/aromatic N) is 1. The number of rotatable bonds is 6. The lowest BCUT2D eigenvalue weighted by Gasteiger charge is -2.41. The fourth-order valence-electron chi connectivity index (χ4n) is 4.71. The van der Waals surface area contributed by atoms with Gasteiger partial charge in [-0.15, -0.1) is 0 Å². The van der Waals surface area contributed by atoms with Gasteiger partial charge in [0, 0.05) is 24.0 Å². The largest absolute Gasteiger partial charge is 0.493 e. The van der Waals surface area contributed by atoms with E-state index in [-0.39, 0.29) is 0 Å². The molecule has 0 aromatic heterocycles. The number of hydrogen-bond acceptors (Lipinski definition) is 6. The lowest BCUT2D eigenvalue weighted by atomic mass is 9.83. The van der Waals surface area contributed by atoms with Gasteiger partial charge in [0.05, 0.1) is 33.4 Å². The van der Waals surface area contributed by atoms with Gasteiger partial charge in [-0.25, -0.2) is 0 Å². The van der Waals surface area contributed by atoms with Gasteiger partial charge in [-0.1, -0.05) is 18.2 Å². The van der Waals surface area contributed by atoms with Crippen molar-refractivity contribution in [3.63, 3.8) is 0 Å². The van der Waals surface area contributed by atoms with Crippen LogP contribution in [0.4, 0.5) is 0 Å². The molecule has 1 atom stereocenters. The molecule has 5 rings (SSSR count). The maximum absolute atomic E-state index is 6.13. The average molecular weight is 450 g/mol. The van der Waals surface area contributed by atoms with Crippen LogP contribution < -0.4 is 18.4 Å². The molecule has 0 bridgehead atoms. The van der Waals surface area contributed by atoms with Gasteiger partial charge >= 0.3 is 0 Å². The van der Waals surface area contributed by atoms with Crippen molar-refractivity contribution in [1.82, 2.24) is 4.90 Å². The van der Waals surface area contributed by atoms with E-state index in [1.54, 1.807) is 21.3 Å². The number of hydrogen-bond donors (Lipinski definition) is 0. The Labute approximate surface area is 193 Å². The van der Waals surface area contributed by atoms with Crippen molar-refractivity contribution in [2.45, 2.75) is 30.3 Å². The molecular formula is C26H27NO4S. The van der Waals surface area contributed by atoms with Crippen LogP contribution in [0.2, 0.25) is 0 Å². The predicted molar refractivity (Wildman–Crippen MR) is 126 cm³/mol. The second kappa shape index (κ2) is 8.96. The number of ether oxygens (including phenoxy) is 3. The zero-order chi connectivity index (χ0) is 22.1. The van der Waals surface area contributed by atoms with Gasteiger partial charge in [0.1, 0.15) is 0 Å². The number of methoxy groups -OCH3 is 3. The molecule has 0 N–H and O–H groups in total. The molecule has 2 aliphatic rings. The van der Waals surface area contributed by atoms with E-state index in [2.05, 4.69) is 29.2 Å². The molecule has 2 aliphatic heterocycles. The second-order valence-corrected chi connectivity index (χ2v) is 8.90. The fourth-order valence-corrected chi connectivity index (χ4v) is 5.30. The van der Waals surface area contributed by atoms with E-state index in [0.29, 0.717) is 6.04 Å². The Morgan fingerprint density at radius 1 is 0.781 bits per heavy atom. The zero-order valence-corrected chi connectivity index (χ0v) is 19.4. The van der Waals surface area contributed by atoms with E-state index in [9.17, 15) is 0 Å². The van der Waals surface area contributed by atoms with Crippen LogP contribution in [0.1, 0.15) is 28.3 Å². The Hall–Kier alpha value is -2.83. The third-order valence-corrected chi connectivity index (χ3v) is 7.08. The monoisotopic (exact) mass is 449 g/mol. The maximum atomic E-state index is 6.13. The van der Waals surface area contributed by atoms with Crippen LogP contribution in [-0.2, 0) is 19.4 Å². The quantitative estimate of drug-likeness (QED) is 0.466. The highest BCUT2D eigenvalue weighted by Crippen LogP contribution is 2.45. The van der Waals surface area contributed by atoms with Gasteiger partial charge in [0.2, 0.25) is 0 Å². The smallest absolute Gasteiger partial charge is 0.180 e. The summed E-state index contributed by atoms with van der Waals surface area (Å²) in [7, 11) is 5.08. The maximum Gasteiger partial charge on any atom is 0.180 e. The minimum atomic E-state index is 0.305. The predicted octanol–water partition coefficient (Wildman–Crippen LogP) is 5.45. The van der Waals surface area contributed by atoms with Crippen LogP contribution in [-0.4, -0.2) is 32.8 Å². The molecule has 2 heterocycles. The Morgan fingerprint density at radius 3 is 2.16 bits per heavy atom. The van der Waals surface area contributed by atoms with E-state index in [1.807, 2.05) is 30.3 Å². The van der Waals surface area contributed by atoms with Gasteiger partial charge in [0.15, 0.2) is 23.0 Å². The SMILES string of the molecule is COc1cc2c(cc1OC)CN1CCc3cc(OC)c(OSc4ccccc4)cc3C1C2. The van der Waals surface area contributed by atoms with Gasteiger partial charge in [-0.05, 0) is 71.5 Å². The fraction of sp³-hybridized carbons (Fsp3) is 0.308. The van der Waals surface area contributed by atoms with E-state index in [4.69, 9.17) is 18.4 Å². The van der Waals surface area contributed by atoms with Crippen molar-refractivity contribution in [3.05, 3.63) is 76.9 Å². The lowest BCUT2D eigenvalue weighted by Crippen LogP contribution is -2.39. The van der Waals surface area contributed by atoms with E-state index in [0.717, 1.165) is 53.8 Å². The summed E-state index contributed by atoms with van der Waals surface area (Å²) in [6.07, 6.45) is 1.93. The molecule has 0 saturated carbocycles. The molecule has 1 unspecified atom stereocenters. The highest BCUT2D eigenvalue weighted by Gasteiger charge is 2.34. The summed E-state index contributed by atoms with van der Waals surface area (Å²) in [5.74, 6) is 3.12. The summed E-state index contributed by atoms with van der Waals surface area (Å²) in [6, 6.07) is 19.0. The van der Waals surface area contributed by atoms with Crippen LogP contribution in [0, 0.1) is 0 Å². The summed E-state index contributed by atoms with van der Waals surface area (Å²) < 4.78 is 22.9. The first-order valence-electron chi connectivity index (χ1n) is 10.8. The van der Waals surface area contributed by atoms with Crippen LogP contribution in [0.25, 0.3) is 0 Å². The molecule has 3 aromatic rings.